The van der Waals surface area contributed by atoms with Gasteiger partial charge in [0.05, 0.1) is 13.0 Å². The predicted octanol–water partition coefficient (Wildman–Crippen LogP) is 0.191. The molecule has 1 aliphatic rings. The number of methoxy groups -OCH3 is 1. The van der Waals surface area contributed by atoms with E-state index in [0.29, 0.717) is 0 Å². The van der Waals surface area contributed by atoms with Crippen LogP contribution in [-0.2, 0) is 9.53 Å². The number of rotatable bonds is 1. The van der Waals surface area contributed by atoms with E-state index in [0.717, 1.165) is 19.5 Å². The fourth-order valence-corrected chi connectivity index (χ4v) is 1.02. The van der Waals surface area contributed by atoms with Crippen molar-refractivity contribution in [1.29, 1.82) is 0 Å². The van der Waals surface area contributed by atoms with Gasteiger partial charge in [0.2, 0.25) is 0 Å². The van der Waals surface area contributed by atoms with Gasteiger partial charge in [-0.1, -0.05) is 0 Å². The molecule has 1 fully saturated rings. The first kappa shape index (κ1) is 9.72. The minimum atomic E-state index is -0.0833. The molecular weight excluding hydrogens is 154 g/mol. The number of hydrogen-bond acceptors (Lipinski definition) is 3. The van der Waals surface area contributed by atoms with Crippen LogP contribution in [0.3, 0.4) is 0 Å². The molecule has 0 spiro atoms. The van der Waals surface area contributed by atoms with Crippen LogP contribution < -0.4 is 5.32 Å². The van der Waals surface area contributed by atoms with Crippen molar-refractivity contribution in [2.75, 3.05) is 20.2 Å². The Morgan fingerprint density at radius 1 is 1.70 bits per heavy atom. The van der Waals surface area contributed by atoms with Crippen molar-refractivity contribution in [1.82, 2.24) is 5.32 Å². The fraction of sp³-hybridized carbons (Fsp3) is 0.833. The molecular formula is C6H12ClNO2. The lowest BCUT2D eigenvalue weighted by molar-refractivity contribution is -0.144. The smallest absolute Gasteiger partial charge is 0.309 e. The van der Waals surface area contributed by atoms with Gasteiger partial charge in [-0.3, -0.25) is 4.79 Å². The summed E-state index contributed by atoms with van der Waals surface area (Å²) < 4.78 is 4.56. The van der Waals surface area contributed by atoms with Gasteiger partial charge in [0.25, 0.3) is 0 Å². The molecule has 10 heavy (non-hydrogen) atoms. The summed E-state index contributed by atoms with van der Waals surface area (Å²) in [5.41, 5.74) is 0. The van der Waals surface area contributed by atoms with Crippen LogP contribution >= 0.6 is 12.4 Å². The molecule has 3 nitrogen and oxygen atoms in total. The summed E-state index contributed by atoms with van der Waals surface area (Å²) in [6, 6.07) is 0. The third-order valence-corrected chi connectivity index (χ3v) is 1.59. The Morgan fingerprint density at radius 3 is 2.80 bits per heavy atom. The van der Waals surface area contributed by atoms with Gasteiger partial charge in [0.1, 0.15) is 0 Å². The maximum Gasteiger partial charge on any atom is 0.309 e. The second-order valence-electron chi connectivity index (χ2n) is 2.21. The van der Waals surface area contributed by atoms with Crippen LogP contribution in [0.4, 0.5) is 0 Å². The molecule has 1 heterocycles. The molecule has 1 saturated heterocycles. The molecule has 0 aromatic carbocycles. The Bertz CT molecular complexity index is 112. The second kappa shape index (κ2) is 4.52. The van der Waals surface area contributed by atoms with Gasteiger partial charge in [-0.05, 0) is 13.0 Å². The summed E-state index contributed by atoms with van der Waals surface area (Å²) in [6.07, 6.45) is 0.923. The van der Waals surface area contributed by atoms with Crippen molar-refractivity contribution in [2.24, 2.45) is 5.92 Å². The van der Waals surface area contributed by atoms with E-state index in [1.165, 1.54) is 7.11 Å². The van der Waals surface area contributed by atoms with Gasteiger partial charge >= 0.3 is 5.97 Å². The van der Waals surface area contributed by atoms with E-state index in [1.54, 1.807) is 0 Å². The van der Waals surface area contributed by atoms with Crippen molar-refractivity contribution >= 4 is 18.4 Å². The van der Waals surface area contributed by atoms with E-state index in [2.05, 4.69) is 10.1 Å². The second-order valence-corrected chi connectivity index (χ2v) is 2.21. The van der Waals surface area contributed by atoms with Gasteiger partial charge in [0, 0.05) is 6.54 Å². The zero-order valence-corrected chi connectivity index (χ0v) is 6.74. The molecule has 0 radical (unpaired) electrons. The highest BCUT2D eigenvalue weighted by Crippen LogP contribution is 2.07. The van der Waals surface area contributed by atoms with E-state index < -0.39 is 0 Å². The molecule has 4 heteroatoms. The first-order chi connectivity index (χ1) is 4.34. The average Bonchev–Trinajstić information content (AvgIpc) is 2.37. The van der Waals surface area contributed by atoms with Crippen molar-refractivity contribution < 1.29 is 9.53 Å². The lowest BCUT2D eigenvalue weighted by Crippen LogP contribution is -2.18. The highest BCUT2D eigenvalue weighted by Gasteiger charge is 2.22. The first-order valence-electron chi connectivity index (χ1n) is 3.13. The fourth-order valence-electron chi connectivity index (χ4n) is 1.02. The maximum atomic E-state index is 10.8. The van der Waals surface area contributed by atoms with Gasteiger partial charge in [-0.2, -0.15) is 0 Å². The number of nitrogens with one attached hydrogen (secondary N) is 1. The molecule has 0 saturated carbocycles. The molecule has 1 atom stereocenters. The molecule has 0 amide bonds. The number of carbonyl (C=O) groups excluding carboxylic acids is 1. The van der Waals surface area contributed by atoms with Crippen molar-refractivity contribution in [3.63, 3.8) is 0 Å². The van der Waals surface area contributed by atoms with Gasteiger partial charge in [-0.25, -0.2) is 0 Å². The summed E-state index contributed by atoms with van der Waals surface area (Å²) in [6.45, 7) is 1.73. The summed E-state index contributed by atoms with van der Waals surface area (Å²) >= 11 is 0. The van der Waals surface area contributed by atoms with E-state index in [1.807, 2.05) is 0 Å². The Kier molecular flexibility index (Phi) is 4.40. The highest BCUT2D eigenvalue weighted by molar-refractivity contribution is 5.85. The van der Waals surface area contributed by atoms with E-state index in [4.69, 9.17) is 0 Å². The van der Waals surface area contributed by atoms with Crippen LogP contribution in [0.1, 0.15) is 6.42 Å². The molecule has 1 N–H and O–H groups in total. The minimum absolute atomic E-state index is 0. The Hall–Kier alpha value is -0.280. The number of carbonyl (C=O) groups is 1. The average molecular weight is 166 g/mol. The Balaban J connectivity index is 0.000000810. The normalized spacial score (nSPS) is 23.5. The summed E-state index contributed by atoms with van der Waals surface area (Å²) in [5, 5.41) is 3.09. The van der Waals surface area contributed by atoms with E-state index >= 15 is 0 Å². The van der Waals surface area contributed by atoms with Crippen LogP contribution in [0, 0.1) is 5.92 Å². The molecule has 0 bridgehead atoms. The topological polar surface area (TPSA) is 38.3 Å². The van der Waals surface area contributed by atoms with E-state index in [-0.39, 0.29) is 24.3 Å². The van der Waals surface area contributed by atoms with Gasteiger partial charge in [0.15, 0.2) is 0 Å². The van der Waals surface area contributed by atoms with Crippen LogP contribution in [0.5, 0.6) is 0 Å². The van der Waals surface area contributed by atoms with Crippen LogP contribution in [0.15, 0.2) is 0 Å². The van der Waals surface area contributed by atoms with Gasteiger partial charge < -0.3 is 10.1 Å². The maximum absolute atomic E-state index is 10.8. The minimum Gasteiger partial charge on any atom is -0.469 e. The molecule has 0 aromatic heterocycles. The lowest BCUT2D eigenvalue weighted by atomic mass is 10.1. The number of halogens is 1. The number of esters is 1. The quantitative estimate of drug-likeness (QED) is 0.564. The molecule has 60 valence electrons. The number of hydrogen-bond donors (Lipinski definition) is 1. The lowest BCUT2D eigenvalue weighted by Gasteiger charge is -2.02. The van der Waals surface area contributed by atoms with Crippen LogP contribution in [-0.4, -0.2) is 26.2 Å². The first-order valence-corrected chi connectivity index (χ1v) is 3.13. The zero-order chi connectivity index (χ0) is 6.69. The van der Waals surface area contributed by atoms with Crippen molar-refractivity contribution in [3.05, 3.63) is 0 Å². The standard InChI is InChI=1S/C6H11NO2.ClH/c1-9-6(8)5-2-3-7-4-5;/h5,7H,2-4H2,1H3;1H/t5-;/m1./s1. The third kappa shape index (κ3) is 2.15. The monoisotopic (exact) mass is 165 g/mol. The Morgan fingerprint density at radius 2 is 2.40 bits per heavy atom. The molecule has 1 aliphatic heterocycles. The van der Waals surface area contributed by atoms with Crippen molar-refractivity contribution in [3.8, 4) is 0 Å². The van der Waals surface area contributed by atoms with Crippen molar-refractivity contribution in [2.45, 2.75) is 6.42 Å². The van der Waals surface area contributed by atoms with Crippen LogP contribution in [0.2, 0.25) is 0 Å². The molecule has 0 aliphatic carbocycles. The summed E-state index contributed by atoms with van der Waals surface area (Å²) in [4.78, 5) is 10.8. The molecule has 0 aromatic rings. The van der Waals surface area contributed by atoms with E-state index in [9.17, 15) is 4.79 Å². The predicted molar refractivity (Wildman–Crippen MR) is 40.2 cm³/mol. The van der Waals surface area contributed by atoms with Gasteiger partial charge in [-0.15, -0.1) is 12.4 Å². The third-order valence-electron chi connectivity index (χ3n) is 1.59. The Labute approximate surface area is 66.5 Å². The largest absolute Gasteiger partial charge is 0.469 e. The summed E-state index contributed by atoms with van der Waals surface area (Å²) in [5.74, 6) is 0.0231. The highest BCUT2D eigenvalue weighted by atomic mass is 35.5. The SMILES string of the molecule is COC(=O)[C@@H]1CCNC1.Cl. The van der Waals surface area contributed by atoms with Crippen LogP contribution in [0.25, 0.3) is 0 Å². The molecule has 1 rings (SSSR count). The zero-order valence-electron chi connectivity index (χ0n) is 5.92. The molecule has 0 unspecified atom stereocenters. The number of ether oxygens (including phenoxy) is 1. The summed E-state index contributed by atoms with van der Waals surface area (Å²) in [7, 11) is 1.43.